The van der Waals surface area contributed by atoms with E-state index in [1.54, 1.807) is 26.0 Å². The number of furan rings is 1. The summed E-state index contributed by atoms with van der Waals surface area (Å²) in [6.07, 6.45) is 0. The van der Waals surface area contributed by atoms with E-state index in [9.17, 15) is 20.6 Å². The number of rotatable bonds is 3. The lowest BCUT2D eigenvalue weighted by Gasteiger charge is -2.24. The highest BCUT2D eigenvalue weighted by molar-refractivity contribution is 6.30. The van der Waals surface area contributed by atoms with Gasteiger partial charge in [0, 0.05) is 22.5 Å². The molecule has 0 fully saturated rings. The van der Waals surface area contributed by atoms with Crippen LogP contribution in [0.15, 0.2) is 57.3 Å². The molecule has 0 saturated carbocycles. The number of halogens is 1. The fourth-order valence-electron chi connectivity index (χ4n) is 3.09. The summed E-state index contributed by atoms with van der Waals surface area (Å²) in [4.78, 5) is 10.8. The number of nitrogens with zero attached hydrogens (tertiary/aromatic N) is 3. The predicted molar refractivity (Wildman–Crippen MR) is 102 cm³/mol. The van der Waals surface area contributed by atoms with Gasteiger partial charge in [-0.25, -0.2) is 0 Å². The number of nitro benzene ring substituents is 1. The number of hydrogen-bond acceptors (Lipinski definition) is 6. The van der Waals surface area contributed by atoms with Gasteiger partial charge in [-0.15, -0.1) is 0 Å². The summed E-state index contributed by atoms with van der Waals surface area (Å²) in [7, 11) is 0. The zero-order valence-corrected chi connectivity index (χ0v) is 15.7. The molecule has 1 aromatic heterocycles. The number of nitriles is 2. The van der Waals surface area contributed by atoms with Crippen LogP contribution in [0.2, 0.25) is 5.02 Å². The molecule has 2 heterocycles. The minimum absolute atomic E-state index is 0. The molecule has 3 N–H and O–H groups in total. The SMILES string of the molecule is CC1=C(C#N)C(c2ccc(-c3ccc(Cl)cc3[N+](=O)[O-])o2)C(C#N)=C(C)N1.O. The van der Waals surface area contributed by atoms with Gasteiger partial charge in [0.2, 0.25) is 0 Å². The van der Waals surface area contributed by atoms with Crippen molar-refractivity contribution in [2.45, 2.75) is 19.8 Å². The lowest BCUT2D eigenvalue weighted by atomic mass is 9.85. The Morgan fingerprint density at radius 1 is 1.14 bits per heavy atom. The maximum Gasteiger partial charge on any atom is 0.281 e. The van der Waals surface area contributed by atoms with Crippen molar-refractivity contribution in [1.29, 1.82) is 10.5 Å². The van der Waals surface area contributed by atoms with Crippen LogP contribution >= 0.6 is 11.6 Å². The predicted octanol–water partition coefficient (Wildman–Crippen LogP) is 3.97. The maximum atomic E-state index is 11.3. The molecule has 0 amide bonds. The van der Waals surface area contributed by atoms with Crippen LogP contribution in [0.5, 0.6) is 0 Å². The third-order valence-electron chi connectivity index (χ3n) is 4.33. The zero-order valence-electron chi connectivity index (χ0n) is 14.9. The molecule has 0 atom stereocenters. The maximum absolute atomic E-state index is 11.3. The first kappa shape index (κ1) is 20.7. The van der Waals surface area contributed by atoms with Crippen LogP contribution in [-0.2, 0) is 0 Å². The number of nitrogens with one attached hydrogen (secondary N) is 1. The number of allylic oxidation sites excluding steroid dienone is 4. The van der Waals surface area contributed by atoms with Crippen molar-refractivity contribution in [3.05, 3.63) is 73.8 Å². The molecule has 28 heavy (non-hydrogen) atoms. The summed E-state index contributed by atoms with van der Waals surface area (Å²) < 4.78 is 5.85. The van der Waals surface area contributed by atoms with Crippen LogP contribution in [0.4, 0.5) is 5.69 Å². The fraction of sp³-hybridized carbons (Fsp3) is 0.158. The van der Waals surface area contributed by atoms with E-state index in [4.69, 9.17) is 16.0 Å². The van der Waals surface area contributed by atoms with E-state index in [0.29, 0.717) is 28.3 Å². The minimum atomic E-state index is -0.665. The lowest BCUT2D eigenvalue weighted by molar-refractivity contribution is -0.384. The molecule has 1 aliphatic heterocycles. The Morgan fingerprint density at radius 2 is 1.75 bits per heavy atom. The standard InChI is InChI=1S/C19H13ClN4O3.H2O/c1-10-14(8-21)19(15(9-22)11(2)23-10)18-6-5-17(27-18)13-4-3-12(20)7-16(13)24(25)26;/h3-7,19,23H,1-2H3;1H2. The third kappa shape index (κ3) is 3.47. The molecule has 0 unspecified atom stereocenters. The molecule has 9 heteroatoms. The van der Waals surface area contributed by atoms with Gasteiger partial charge in [-0.2, -0.15) is 10.5 Å². The summed E-state index contributed by atoms with van der Waals surface area (Å²) in [6.45, 7) is 3.49. The third-order valence-corrected chi connectivity index (χ3v) is 4.57. The van der Waals surface area contributed by atoms with Gasteiger partial charge in [-0.1, -0.05) is 11.6 Å². The van der Waals surface area contributed by atoms with Gasteiger partial charge in [-0.3, -0.25) is 10.1 Å². The molecule has 2 aromatic rings. The van der Waals surface area contributed by atoms with Gasteiger partial charge < -0.3 is 15.2 Å². The summed E-state index contributed by atoms with van der Waals surface area (Å²) >= 11 is 5.86. The highest BCUT2D eigenvalue weighted by Gasteiger charge is 2.32. The fourth-order valence-corrected chi connectivity index (χ4v) is 3.26. The summed E-state index contributed by atoms with van der Waals surface area (Å²) in [5.41, 5.74) is 2.08. The van der Waals surface area contributed by atoms with Gasteiger partial charge in [0.15, 0.2) is 0 Å². The highest BCUT2D eigenvalue weighted by Crippen LogP contribution is 2.41. The van der Waals surface area contributed by atoms with Crippen LogP contribution < -0.4 is 5.32 Å². The van der Waals surface area contributed by atoms with Crippen molar-refractivity contribution >= 4 is 17.3 Å². The van der Waals surface area contributed by atoms with E-state index >= 15 is 0 Å². The first-order valence-corrected chi connectivity index (χ1v) is 8.28. The number of hydrogen-bond donors (Lipinski definition) is 1. The molecule has 0 bridgehead atoms. The van der Waals surface area contributed by atoms with Crippen molar-refractivity contribution in [2.24, 2.45) is 0 Å². The Morgan fingerprint density at radius 3 is 2.29 bits per heavy atom. The summed E-state index contributed by atoms with van der Waals surface area (Å²) in [5, 5.41) is 33.7. The van der Waals surface area contributed by atoms with Gasteiger partial charge in [-0.05, 0) is 38.1 Å². The second kappa shape index (κ2) is 7.97. The van der Waals surface area contributed by atoms with E-state index in [0.717, 1.165) is 0 Å². The Balaban J connectivity index is 0.00000280. The van der Waals surface area contributed by atoms with E-state index in [1.165, 1.54) is 18.2 Å². The molecule has 0 spiro atoms. The van der Waals surface area contributed by atoms with Crippen molar-refractivity contribution in [2.75, 3.05) is 0 Å². The molecule has 0 radical (unpaired) electrons. The van der Waals surface area contributed by atoms with E-state index in [2.05, 4.69) is 17.5 Å². The van der Waals surface area contributed by atoms with Crippen LogP contribution in [0.25, 0.3) is 11.3 Å². The van der Waals surface area contributed by atoms with Crippen molar-refractivity contribution < 1.29 is 14.8 Å². The first-order valence-electron chi connectivity index (χ1n) is 7.90. The molecule has 8 nitrogen and oxygen atoms in total. The van der Waals surface area contributed by atoms with E-state index < -0.39 is 10.8 Å². The van der Waals surface area contributed by atoms with Crippen LogP contribution in [0, 0.1) is 32.8 Å². The Bertz CT molecular complexity index is 1070. The van der Waals surface area contributed by atoms with Gasteiger partial charge >= 0.3 is 0 Å². The normalized spacial score (nSPS) is 14.0. The smallest absolute Gasteiger partial charge is 0.281 e. The second-order valence-electron chi connectivity index (χ2n) is 5.98. The van der Waals surface area contributed by atoms with Crippen LogP contribution in [-0.4, -0.2) is 10.4 Å². The van der Waals surface area contributed by atoms with Gasteiger partial charge in [0.1, 0.15) is 11.5 Å². The second-order valence-corrected chi connectivity index (χ2v) is 6.42. The average molecular weight is 399 g/mol. The molecule has 1 aromatic carbocycles. The Labute approximate surface area is 165 Å². The van der Waals surface area contributed by atoms with Crippen molar-refractivity contribution in [3.63, 3.8) is 0 Å². The highest BCUT2D eigenvalue weighted by atomic mass is 35.5. The topological polar surface area (TPSA) is 147 Å². The minimum Gasteiger partial charge on any atom is -0.460 e. The van der Waals surface area contributed by atoms with Gasteiger partial charge in [0.05, 0.1) is 39.7 Å². The molecular formula is C19H15ClN4O4. The quantitative estimate of drug-likeness (QED) is 0.610. The number of dihydropyridines is 1. The number of benzene rings is 1. The molecule has 0 aliphatic carbocycles. The van der Waals surface area contributed by atoms with Crippen molar-refractivity contribution in [1.82, 2.24) is 5.32 Å². The van der Waals surface area contributed by atoms with Crippen molar-refractivity contribution in [3.8, 4) is 23.5 Å². The van der Waals surface area contributed by atoms with Crippen LogP contribution in [0.3, 0.4) is 0 Å². The van der Waals surface area contributed by atoms with Crippen LogP contribution in [0.1, 0.15) is 25.5 Å². The molecule has 3 rings (SSSR count). The molecule has 0 saturated heterocycles. The van der Waals surface area contributed by atoms with E-state index in [1.807, 2.05) is 0 Å². The summed E-state index contributed by atoms with van der Waals surface area (Å²) in [5.74, 6) is -0.0410. The first-order chi connectivity index (χ1) is 12.9. The zero-order chi connectivity index (χ0) is 19.7. The summed E-state index contributed by atoms with van der Waals surface area (Å²) in [6, 6.07) is 11.7. The van der Waals surface area contributed by atoms with Gasteiger partial charge in [0.25, 0.3) is 5.69 Å². The molecule has 142 valence electrons. The monoisotopic (exact) mass is 398 g/mol. The lowest BCUT2D eigenvalue weighted by Crippen LogP contribution is -2.23. The Hall–Kier alpha value is -3.59. The number of nitro groups is 1. The van der Waals surface area contributed by atoms with E-state index in [-0.39, 0.29) is 27.5 Å². The molecule has 1 aliphatic rings. The Kier molecular flexibility index (Phi) is 5.90. The largest absolute Gasteiger partial charge is 0.460 e. The molecular weight excluding hydrogens is 384 g/mol. The average Bonchev–Trinajstić information content (AvgIpc) is 3.10.